The van der Waals surface area contributed by atoms with Crippen molar-refractivity contribution in [3.63, 3.8) is 0 Å². The molecule has 4 rings (SSSR count). The molecule has 1 amide bonds. The second-order valence-electron chi connectivity index (χ2n) is 5.23. The molecule has 1 N–H and O–H groups in total. The number of amides is 1. The number of nitrogens with zero attached hydrogens (tertiary/aromatic N) is 1. The summed E-state index contributed by atoms with van der Waals surface area (Å²) in [4.78, 5) is 16.7. The molecule has 5 nitrogen and oxygen atoms in total. The highest BCUT2D eigenvalue weighted by Crippen LogP contribution is 2.32. The zero-order chi connectivity index (χ0) is 15.6. The summed E-state index contributed by atoms with van der Waals surface area (Å²) in [6, 6.07) is 14.9. The molecule has 3 aromatic rings. The summed E-state index contributed by atoms with van der Waals surface area (Å²) in [5.41, 5.74) is 2.04. The van der Waals surface area contributed by atoms with Crippen LogP contribution in [0.3, 0.4) is 0 Å². The highest BCUT2D eigenvalue weighted by molar-refractivity contribution is 6.05. The molecule has 0 spiro atoms. The summed E-state index contributed by atoms with van der Waals surface area (Å²) in [6.45, 7) is 1.06. The van der Waals surface area contributed by atoms with Gasteiger partial charge in [0.1, 0.15) is 13.2 Å². The maximum Gasteiger partial charge on any atom is 0.257 e. The van der Waals surface area contributed by atoms with Crippen molar-refractivity contribution in [1.82, 2.24) is 4.98 Å². The van der Waals surface area contributed by atoms with Gasteiger partial charge in [0, 0.05) is 23.3 Å². The highest BCUT2D eigenvalue weighted by Gasteiger charge is 2.13. The average molecular weight is 306 g/mol. The molecule has 1 aliphatic rings. The Bertz CT molecular complexity index is 892. The fourth-order valence-electron chi connectivity index (χ4n) is 2.52. The number of para-hydroxylation sites is 1. The zero-order valence-electron chi connectivity index (χ0n) is 12.3. The molecule has 0 unspecified atom stereocenters. The van der Waals surface area contributed by atoms with Gasteiger partial charge in [0.15, 0.2) is 11.5 Å². The molecule has 23 heavy (non-hydrogen) atoms. The largest absolute Gasteiger partial charge is 0.486 e. The van der Waals surface area contributed by atoms with Gasteiger partial charge in [-0.05, 0) is 24.3 Å². The third-order valence-electron chi connectivity index (χ3n) is 3.65. The van der Waals surface area contributed by atoms with E-state index in [4.69, 9.17) is 9.47 Å². The van der Waals surface area contributed by atoms with E-state index in [1.54, 1.807) is 24.4 Å². The number of rotatable bonds is 2. The van der Waals surface area contributed by atoms with Gasteiger partial charge in [-0.15, -0.1) is 0 Å². The van der Waals surface area contributed by atoms with Crippen molar-refractivity contribution in [1.29, 1.82) is 0 Å². The Kier molecular flexibility index (Phi) is 3.31. The molecular weight excluding hydrogens is 292 g/mol. The maximum atomic E-state index is 12.4. The van der Waals surface area contributed by atoms with Gasteiger partial charge in [-0.25, -0.2) is 0 Å². The second-order valence-corrected chi connectivity index (χ2v) is 5.23. The van der Waals surface area contributed by atoms with Crippen molar-refractivity contribution in [3.8, 4) is 11.5 Å². The van der Waals surface area contributed by atoms with Gasteiger partial charge in [-0.2, -0.15) is 0 Å². The fourth-order valence-corrected chi connectivity index (χ4v) is 2.52. The van der Waals surface area contributed by atoms with Crippen LogP contribution in [0.2, 0.25) is 0 Å². The Morgan fingerprint density at radius 1 is 1.00 bits per heavy atom. The first-order valence-corrected chi connectivity index (χ1v) is 7.35. The molecule has 0 bridgehead atoms. The van der Waals surface area contributed by atoms with E-state index >= 15 is 0 Å². The van der Waals surface area contributed by atoms with E-state index < -0.39 is 0 Å². The zero-order valence-corrected chi connectivity index (χ0v) is 12.3. The van der Waals surface area contributed by atoms with Gasteiger partial charge in [-0.3, -0.25) is 9.78 Å². The van der Waals surface area contributed by atoms with Gasteiger partial charge in [-0.1, -0.05) is 18.2 Å². The second kappa shape index (κ2) is 5.61. The van der Waals surface area contributed by atoms with Crippen molar-refractivity contribution >= 4 is 22.5 Å². The molecule has 2 aromatic carbocycles. The molecular formula is C18H14N2O3. The van der Waals surface area contributed by atoms with E-state index in [0.717, 1.165) is 10.9 Å². The Morgan fingerprint density at radius 2 is 1.83 bits per heavy atom. The Hall–Kier alpha value is -3.08. The first-order chi connectivity index (χ1) is 11.3. The molecule has 0 saturated heterocycles. The van der Waals surface area contributed by atoms with Crippen LogP contribution in [0.5, 0.6) is 11.5 Å². The molecule has 114 valence electrons. The minimum atomic E-state index is -0.208. The lowest BCUT2D eigenvalue weighted by Crippen LogP contribution is -2.16. The highest BCUT2D eigenvalue weighted by atomic mass is 16.6. The van der Waals surface area contributed by atoms with Gasteiger partial charge in [0.05, 0.1) is 11.1 Å². The van der Waals surface area contributed by atoms with Gasteiger partial charge < -0.3 is 14.8 Å². The maximum absolute atomic E-state index is 12.4. The van der Waals surface area contributed by atoms with E-state index in [0.29, 0.717) is 36.0 Å². The molecule has 0 saturated carbocycles. The van der Waals surface area contributed by atoms with Crippen molar-refractivity contribution in [2.45, 2.75) is 0 Å². The van der Waals surface area contributed by atoms with E-state index in [1.807, 2.05) is 30.3 Å². The van der Waals surface area contributed by atoms with Crippen LogP contribution in [0.25, 0.3) is 10.9 Å². The molecule has 1 aliphatic heterocycles. The molecule has 5 heteroatoms. The number of anilines is 1. The summed E-state index contributed by atoms with van der Waals surface area (Å²) in [7, 11) is 0. The Labute approximate surface area is 132 Å². The lowest BCUT2D eigenvalue weighted by molar-refractivity contribution is 0.102. The molecule has 0 radical (unpaired) electrons. The average Bonchev–Trinajstić information content (AvgIpc) is 2.61. The number of fused-ring (bicyclic) bond motifs is 2. The van der Waals surface area contributed by atoms with Crippen LogP contribution in [-0.4, -0.2) is 24.1 Å². The van der Waals surface area contributed by atoms with Crippen LogP contribution < -0.4 is 14.8 Å². The number of hydrogen-bond donors (Lipinski definition) is 1. The number of aromatic nitrogens is 1. The Balaban J connectivity index is 1.59. The fraction of sp³-hybridized carbons (Fsp3) is 0.111. The smallest absolute Gasteiger partial charge is 0.257 e. The quantitative estimate of drug-likeness (QED) is 0.789. The molecule has 0 fully saturated rings. The van der Waals surface area contributed by atoms with Crippen LogP contribution in [-0.2, 0) is 0 Å². The van der Waals surface area contributed by atoms with E-state index in [9.17, 15) is 4.79 Å². The van der Waals surface area contributed by atoms with E-state index in [1.165, 1.54) is 0 Å². The predicted octanol–water partition coefficient (Wildman–Crippen LogP) is 3.26. The monoisotopic (exact) mass is 306 g/mol. The summed E-state index contributed by atoms with van der Waals surface area (Å²) < 4.78 is 11.0. The van der Waals surface area contributed by atoms with Crippen molar-refractivity contribution in [2.24, 2.45) is 0 Å². The summed E-state index contributed by atoms with van der Waals surface area (Å²) in [5, 5.41) is 3.79. The van der Waals surface area contributed by atoms with Gasteiger partial charge in [0.2, 0.25) is 0 Å². The number of pyridine rings is 1. The standard InChI is InChI=1S/C18H14N2O3/c21-18(13-9-12-3-1-2-4-15(12)19-11-13)20-14-5-6-16-17(10-14)23-8-7-22-16/h1-6,9-11H,7-8H2,(H,20,21). The van der Waals surface area contributed by atoms with Crippen molar-refractivity contribution in [3.05, 3.63) is 60.3 Å². The summed E-state index contributed by atoms with van der Waals surface area (Å²) in [6.07, 6.45) is 1.58. The van der Waals surface area contributed by atoms with Crippen LogP contribution >= 0.6 is 0 Å². The molecule has 0 atom stereocenters. The number of ether oxygens (including phenoxy) is 2. The first kappa shape index (κ1) is 13.6. The normalized spacial score (nSPS) is 12.9. The lowest BCUT2D eigenvalue weighted by Gasteiger charge is -2.19. The molecule has 2 heterocycles. The summed E-state index contributed by atoms with van der Waals surface area (Å²) in [5.74, 6) is 1.13. The van der Waals surface area contributed by atoms with Gasteiger partial charge in [0.25, 0.3) is 5.91 Å². The van der Waals surface area contributed by atoms with Crippen LogP contribution in [0.15, 0.2) is 54.7 Å². The van der Waals surface area contributed by atoms with Crippen molar-refractivity contribution in [2.75, 3.05) is 18.5 Å². The number of benzene rings is 2. The third kappa shape index (κ3) is 2.68. The first-order valence-electron chi connectivity index (χ1n) is 7.35. The minimum Gasteiger partial charge on any atom is -0.486 e. The SMILES string of the molecule is O=C(Nc1ccc2c(c1)OCCO2)c1cnc2ccccc2c1. The molecule has 1 aromatic heterocycles. The van der Waals surface area contributed by atoms with Crippen LogP contribution in [0.4, 0.5) is 5.69 Å². The van der Waals surface area contributed by atoms with Gasteiger partial charge >= 0.3 is 0 Å². The number of carbonyl (C=O) groups excluding carboxylic acids is 1. The van der Waals surface area contributed by atoms with Crippen molar-refractivity contribution < 1.29 is 14.3 Å². The van der Waals surface area contributed by atoms with Crippen LogP contribution in [0.1, 0.15) is 10.4 Å². The number of hydrogen-bond acceptors (Lipinski definition) is 4. The van der Waals surface area contributed by atoms with Crippen LogP contribution in [0, 0.1) is 0 Å². The Morgan fingerprint density at radius 3 is 2.74 bits per heavy atom. The summed E-state index contributed by atoms with van der Waals surface area (Å²) >= 11 is 0. The van der Waals surface area contributed by atoms with E-state index in [-0.39, 0.29) is 5.91 Å². The molecule has 0 aliphatic carbocycles. The number of carbonyl (C=O) groups is 1. The number of nitrogens with one attached hydrogen (secondary N) is 1. The predicted molar refractivity (Wildman–Crippen MR) is 87.1 cm³/mol. The topological polar surface area (TPSA) is 60.5 Å². The lowest BCUT2D eigenvalue weighted by atomic mass is 10.1. The third-order valence-corrected chi connectivity index (χ3v) is 3.65. The minimum absolute atomic E-state index is 0.208. The van der Waals surface area contributed by atoms with E-state index in [2.05, 4.69) is 10.3 Å².